The van der Waals surface area contributed by atoms with E-state index >= 15 is 0 Å². The molecule has 5 nitrogen and oxygen atoms in total. The first kappa shape index (κ1) is 17.6. The monoisotopic (exact) mass is 362 g/mol. The average molecular weight is 362 g/mol. The molecule has 0 aromatic heterocycles. The quantitative estimate of drug-likeness (QED) is 0.647. The summed E-state index contributed by atoms with van der Waals surface area (Å²) in [6.45, 7) is 0. The summed E-state index contributed by atoms with van der Waals surface area (Å²) >= 11 is 0. The standard InChI is InChI=1S/C22H22N2O3/c25-19-17-13-7-8-14-18(17)20(26)22(19,23-16-11-5-2-6-12-16)24-21(27)15-9-3-1-4-10-15/h1,3-4,7-10,13-14,16,23H,2,5-6,11-12H2,(H,24,27). The van der Waals surface area contributed by atoms with Crippen LogP contribution in [0.2, 0.25) is 0 Å². The number of hydrogen-bond acceptors (Lipinski definition) is 4. The van der Waals surface area contributed by atoms with E-state index in [4.69, 9.17) is 0 Å². The number of ketones is 2. The topological polar surface area (TPSA) is 75.3 Å². The van der Waals surface area contributed by atoms with Gasteiger partial charge in [0.05, 0.1) is 0 Å². The molecule has 138 valence electrons. The Kier molecular flexibility index (Phi) is 4.62. The van der Waals surface area contributed by atoms with E-state index in [0.717, 1.165) is 32.1 Å². The van der Waals surface area contributed by atoms with Gasteiger partial charge in [-0.2, -0.15) is 0 Å². The Balaban J connectivity index is 1.71. The Morgan fingerprint density at radius 2 is 1.37 bits per heavy atom. The predicted octanol–water partition coefficient (Wildman–Crippen LogP) is 3.11. The number of nitrogens with one attached hydrogen (secondary N) is 2. The van der Waals surface area contributed by atoms with Gasteiger partial charge in [0.15, 0.2) is 0 Å². The summed E-state index contributed by atoms with van der Waals surface area (Å²) < 4.78 is 0. The summed E-state index contributed by atoms with van der Waals surface area (Å²) in [7, 11) is 0. The molecule has 0 unspecified atom stereocenters. The van der Waals surface area contributed by atoms with Gasteiger partial charge < -0.3 is 5.32 Å². The zero-order valence-electron chi connectivity index (χ0n) is 15.0. The molecule has 2 aromatic rings. The van der Waals surface area contributed by atoms with Crippen LogP contribution in [-0.2, 0) is 0 Å². The van der Waals surface area contributed by atoms with Crippen molar-refractivity contribution in [1.29, 1.82) is 0 Å². The highest BCUT2D eigenvalue weighted by Gasteiger charge is 2.55. The molecule has 0 bridgehead atoms. The molecule has 0 atom stereocenters. The molecule has 5 heteroatoms. The third kappa shape index (κ3) is 3.08. The third-order valence-corrected chi connectivity index (χ3v) is 5.46. The van der Waals surface area contributed by atoms with Gasteiger partial charge in [0, 0.05) is 22.7 Å². The van der Waals surface area contributed by atoms with E-state index in [1.165, 1.54) is 0 Å². The fourth-order valence-electron chi connectivity index (χ4n) is 4.05. The predicted molar refractivity (Wildman–Crippen MR) is 102 cm³/mol. The highest BCUT2D eigenvalue weighted by atomic mass is 16.2. The van der Waals surface area contributed by atoms with Crippen LogP contribution >= 0.6 is 0 Å². The van der Waals surface area contributed by atoms with Crippen molar-refractivity contribution in [3.05, 3.63) is 71.3 Å². The van der Waals surface area contributed by atoms with E-state index in [9.17, 15) is 14.4 Å². The van der Waals surface area contributed by atoms with Gasteiger partial charge in [-0.1, -0.05) is 61.7 Å². The molecule has 2 N–H and O–H groups in total. The zero-order valence-corrected chi connectivity index (χ0v) is 15.0. The summed E-state index contributed by atoms with van der Waals surface area (Å²) in [6.07, 6.45) is 5.04. The van der Waals surface area contributed by atoms with Crippen LogP contribution in [0.5, 0.6) is 0 Å². The maximum absolute atomic E-state index is 13.3. The molecule has 1 fully saturated rings. The SMILES string of the molecule is O=C(NC1(NC2CCCCC2)C(=O)c2ccccc2C1=O)c1ccccc1. The third-order valence-electron chi connectivity index (χ3n) is 5.46. The molecule has 2 aliphatic rings. The van der Waals surface area contributed by atoms with Crippen molar-refractivity contribution in [2.45, 2.75) is 43.8 Å². The van der Waals surface area contributed by atoms with Crippen LogP contribution in [-0.4, -0.2) is 29.2 Å². The largest absolute Gasteiger partial charge is 0.321 e. The molecule has 0 saturated heterocycles. The van der Waals surface area contributed by atoms with Gasteiger partial charge in [-0.15, -0.1) is 0 Å². The number of fused-ring (bicyclic) bond motifs is 1. The van der Waals surface area contributed by atoms with Crippen LogP contribution in [0, 0.1) is 0 Å². The smallest absolute Gasteiger partial charge is 0.253 e. The lowest BCUT2D eigenvalue weighted by Gasteiger charge is -2.34. The molecule has 4 rings (SSSR count). The van der Waals surface area contributed by atoms with Crippen molar-refractivity contribution >= 4 is 17.5 Å². The average Bonchev–Trinajstić information content (AvgIpc) is 2.92. The molecule has 2 aromatic carbocycles. The number of benzene rings is 2. The van der Waals surface area contributed by atoms with Gasteiger partial charge in [-0.05, 0) is 25.0 Å². The number of amides is 1. The fraction of sp³-hybridized carbons (Fsp3) is 0.318. The molecule has 2 aliphatic carbocycles. The Morgan fingerprint density at radius 1 is 0.815 bits per heavy atom. The van der Waals surface area contributed by atoms with E-state index in [2.05, 4.69) is 10.6 Å². The van der Waals surface area contributed by atoms with E-state index < -0.39 is 11.6 Å². The Labute approximate surface area is 158 Å². The second-order valence-corrected chi connectivity index (χ2v) is 7.25. The van der Waals surface area contributed by atoms with E-state index in [1.807, 2.05) is 6.07 Å². The van der Waals surface area contributed by atoms with Crippen molar-refractivity contribution in [2.24, 2.45) is 0 Å². The van der Waals surface area contributed by atoms with Gasteiger partial charge in [-0.3, -0.25) is 19.7 Å². The van der Waals surface area contributed by atoms with Crippen molar-refractivity contribution in [3.63, 3.8) is 0 Å². The highest BCUT2D eigenvalue weighted by Crippen LogP contribution is 2.31. The van der Waals surface area contributed by atoms with Gasteiger partial charge in [-0.25, -0.2) is 0 Å². The first-order valence-corrected chi connectivity index (χ1v) is 9.46. The minimum atomic E-state index is -1.72. The molecule has 0 aliphatic heterocycles. The van der Waals surface area contributed by atoms with Crippen LogP contribution < -0.4 is 10.6 Å². The lowest BCUT2D eigenvalue weighted by Crippen LogP contribution is -2.68. The Bertz CT molecular complexity index is 850. The van der Waals surface area contributed by atoms with E-state index in [1.54, 1.807) is 48.5 Å². The molecular weight excluding hydrogens is 340 g/mol. The number of hydrogen-bond donors (Lipinski definition) is 2. The van der Waals surface area contributed by atoms with Crippen molar-refractivity contribution < 1.29 is 14.4 Å². The number of carbonyl (C=O) groups is 3. The molecular formula is C22H22N2O3. The minimum Gasteiger partial charge on any atom is -0.321 e. The molecule has 1 amide bonds. The summed E-state index contributed by atoms with van der Waals surface area (Å²) in [4.78, 5) is 39.4. The Morgan fingerprint density at radius 3 is 1.96 bits per heavy atom. The molecule has 27 heavy (non-hydrogen) atoms. The van der Waals surface area contributed by atoms with Crippen LogP contribution in [0.25, 0.3) is 0 Å². The molecule has 1 saturated carbocycles. The van der Waals surface area contributed by atoms with Gasteiger partial charge in [0.2, 0.25) is 17.2 Å². The summed E-state index contributed by atoms with van der Waals surface area (Å²) in [5.74, 6) is -1.19. The van der Waals surface area contributed by atoms with Gasteiger partial charge >= 0.3 is 0 Å². The lowest BCUT2D eigenvalue weighted by molar-refractivity contribution is 0.0626. The maximum Gasteiger partial charge on any atom is 0.253 e. The zero-order chi connectivity index (χ0) is 18.9. The van der Waals surface area contributed by atoms with Gasteiger partial charge in [0.1, 0.15) is 0 Å². The van der Waals surface area contributed by atoms with Crippen molar-refractivity contribution in [3.8, 4) is 0 Å². The van der Waals surface area contributed by atoms with Crippen molar-refractivity contribution in [1.82, 2.24) is 10.6 Å². The fourth-order valence-corrected chi connectivity index (χ4v) is 4.05. The minimum absolute atomic E-state index is 0.0250. The van der Waals surface area contributed by atoms with Crippen LogP contribution in [0.4, 0.5) is 0 Å². The lowest BCUT2D eigenvalue weighted by atomic mass is 9.92. The van der Waals surface area contributed by atoms with Crippen molar-refractivity contribution in [2.75, 3.05) is 0 Å². The number of Topliss-reactive ketones (excluding diaryl/α,β-unsaturated/α-hetero) is 2. The number of rotatable bonds is 4. The van der Waals surface area contributed by atoms with E-state index in [-0.39, 0.29) is 17.6 Å². The second kappa shape index (κ2) is 7.08. The molecule has 0 heterocycles. The van der Waals surface area contributed by atoms with Gasteiger partial charge in [0.25, 0.3) is 5.91 Å². The molecule has 0 spiro atoms. The second-order valence-electron chi connectivity index (χ2n) is 7.25. The Hall–Kier alpha value is -2.79. The molecule has 0 radical (unpaired) electrons. The first-order chi connectivity index (χ1) is 13.1. The number of carbonyl (C=O) groups excluding carboxylic acids is 3. The van der Waals surface area contributed by atoms with Crippen LogP contribution in [0.3, 0.4) is 0 Å². The summed E-state index contributed by atoms with van der Waals surface area (Å²) in [6, 6.07) is 15.4. The first-order valence-electron chi connectivity index (χ1n) is 9.46. The van der Waals surface area contributed by atoms with Crippen LogP contribution in [0.15, 0.2) is 54.6 Å². The van der Waals surface area contributed by atoms with Crippen LogP contribution in [0.1, 0.15) is 63.2 Å². The maximum atomic E-state index is 13.3. The van der Waals surface area contributed by atoms with E-state index in [0.29, 0.717) is 16.7 Å². The highest BCUT2D eigenvalue weighted by molar-refractivity contribution is 6.33. The normalized spacial score (nSPS) is 19.0. The summed E-state index contributed by atoms with van der Waals surface area (Å²) in [5, 5.41) is 6.00. The summed E-state index contributed by atoms with van der Waals surface area (Å²) in [5.41, 5.74) is -0.587.